The molecule has 0 bridgehead atoms. The third-order valence-electron chi connectivity index (χ3n) is 4.95. The molecule has 4 heterocycles. The monoisotopic (exact) mass is 311 g/mol. The van der Waals surface area contributed by atoms with Gasteiger partial charge in [-0.05, 0) is 30.0 Å². The van der Waals surface area contributed by atoms with Gasteiger partial charge < -0.3 is 19.6 Å². The number of rotatable bonds is 2. The standard InChI is InChI=1S/C16H18BN3O3/c1-10-3-5-20(9-21)8-13(10)12-6-17(22)23-14-7-19-16-11(15(12)14)2-4-18-16/h2,4,6-7,9-10,13,22H,3,5,8H2,1H3,(H,18,19)/t10-,13+/m0/s1. The number of piperidine rings is 1. The van der Waals surface area contributed by atoms with E-state index in [1.165, 1.54) is 0 Å². The number of aromatic amines is 1. The molecule has 2 atom stereocenters. The van der Waals surface area contributed by atoms with Crippen molar-refractivity contribution in [2.45, 2.75) is 13.3 Å². The van der Waals surface area contributed by atoms with Gasteiger partial charge in [-0.1, -0.05) is 6.92 Å². The summed E-state index contributed by atoms with van der Waals surface area (Å²) in [6.45, 7) is 3.65. The summed E-state index contributed by atoms with van der Waals surface area (Å²) in [4.78, 5) is 20.4. The first-order valence-corrected chi connectivity index (χ1v) is 7.89. The van der Waals surface area contributed by atoms with E-state index in [2.05, 4.69) is 16.9 Å². The molecule has 0 radical (unpaired) electrons. The zero-order chi connectivity index (χ0) is 16.0. The minimum atomic E-state index is -0.977. The second-order valence-corrected chi connectivity index (χ2v) is 6.34. The van der Waals surface area contributed by atoms with Gasteiger partial charge in [0.15, 0.2) is 0 Å². The lowest BCUT2D eigenvalue weighted by Crippen LogP contribution is -2.40. The van der Waals surface area contributed by atoms with Gasteiger partial charge in [0.2, 0.25) is 6.41 Å². The molecular formula is C16H18BN3O3. The number of amides is 1. The van der Waals surface area contributed by atoms with Gasteiger partial charge in [-0.25, -0.2) is 4.98 Å². The molecule has 0 saturated carbocycles. The Morgan fingerprint density at radius 1 is 1.57 bits per heavy atom. The molecule has 2 aliphatic rings. The fourth-order valence-electron chi connectivity index (χ4n) is 3.68. The summed E-state index contributed by atoms with van der Waals surface area (Å²) in [5.41, 5.74) is 2.82. The van der Waals surface area contributed by atoms with Crippen molar-refractivity contribution in [3.63, 3.8) is 0 Å². The van der Waals surface area contributed by atoms with Gasteiger partial charge in [-0.2, -0.15) is 0 Å². The summed E-state index contributed by atoms with van der Waals surface area (Å²) in [5, 5.41) is 11.1. The molecule has 0 aromatic carbocycles. The number of carbonyl (C=O) groups excluding carboxylic acids is 1. The van der Waals surface area contributed by atoms with E-state index in [0.717, 1.165) is 41.5 Å². The number of fused-ring (bicyclic) bond motifs is 3. The highest BCUT2D eigenvalue weighted by Crippen LogP contribution is 2.43. The van der Waals surface area contributed by atoms with Crippen LogP contribution in [0.3, 0.4) is 0 Å². The Balaban J connectivity index is 1.84. The average Bonchev–Trinajstić information content (AvgIpc) is 3.03. The van der Waals surface area contributed by atoms with Crippen molar-refractivity contribution in [3.8, 4) is 5.75 Å². The molecule has 2 N–H and O–H groups in total. The fraction of sp³-hybridized carbons (Fsp3) is 0.375. The SMILES string of the molecule is C[C@H]1CCN(C=O)C[C@H]1C1=CB(O)Oc2cnc3[nH]ccc3c21. The zero-order valence-electron chi connectivity index (χ0n) is 12.9. The summed E-state index contributed by atoms with van der Waals surface area (Å²) < 4.78 is 5.54. The van der Waals surface area contributed by atoms with Crippen molar-refractivity contribution < 1.29 is 14.5 Å². The smallest absolute Gasteiger partial charge is 0.531 e. The molecule has 6 nitrogen and oxygen atoms in total. The summed E-state index contributed by atoms with van der Waals surface area (Å²) >= 11 is 0. The Kier molecular flexibility index (Phi) is 3.38. The van der Waals surface area contributed by atoms with Gasteiger partial charge in [0.05, 0.1) is 6.20 Å². The normalized spacial score (nSPS) is 24.2. The van der Waals surface area contributed by atoms with E-state index in [9.17, 15) is 9.82 Å². The maximum Gasteiger partial charge on any atom is 0.552 e. The quantitative estimate of drug-likeness (QED) is 0.650. The third kappa shape index (κ3) is 2.32. The van der Waals surface area contributed by atoms with Crippen molar-refractivity contribution in [1.29, 1.82) is 0 Å². The van der Waals surface area contributed by atoms with Gasteiger partial charge in [-0.15, -0.1) is 0 Å². The molecule has 1 saturated heterocycles. The van der Waals surface area contributed by atoms with Crippen LogP contribution in [-0.2, 0) is 4.79 Å². The minimum absolute atomic E-state index is 0.173. The number of likely N-dealkylation sites (tertiary alicyclic amines) is 1. The maximum absolute atomic E-state index is 11.2. The van der Waals surface area contributed by atoms with Crippen LogP contribution in [0.2, 0.25) is 0 Å². The number of aromatic nitrogens is 2. The molecule has 118 valence electrons. The first-order valence-electron chi connectivity index (χ1n) is 7.89. The molecule has 23 heavy (non-hydrogen) atoms. The number of hydrogen-bond acceptors (Lipinski definition) is 4. The lowest BCUT2D eigenvalue weighted by Gasteiger charge is -2.38. The molecule has 0 spiro atoms. The maximum atomic E-state index is 11.2. The fourth-order valence-corrected chi connectivity index (χ4v) is 3.68. The zero-order valence-corrected chi connectivity index (χ0v) is 12.9. The predicted octanol–water partition coefficient (Wildman–Crippen LogP) is 1.47. The Labute approximate surface area is 134 Å². The van der Waals surface area contributed by atoms with Crippen LogP contribution < -0.4 is 4.65 Å². The number of nitrogens with zero attached hydrogens (tertiary/aromatic N) is 2. The van der Waals surface area contributed by atoms with E-state index in [4.69, 9.17) is 4.65 Å². The van der Waals surface area contributed by atoms with E-state index in [1.807, 2.05) is 17.2 Å². The second-order valence-electron chi connectivity index (χ2n) is 6.34. The van der Waals surface area contributed by atoms with Crippen molar-refractivity contribution in [1.82, 2.24) is 14.9 Å². The van der Waals surface area contributed by atoms with Gasteiger partial charge in [0.25, 0.3) is 0 Å². The largest absolute Gasteiger partial charge is 0.552 e. The lowest BCUT2D eigenvalue weighted by molar-refractivity contribution is -0.119. The molecule has 0 unspecified atom stereocenters. The highest BCUT2D eigenvalue weighted by atomic mass is 16.5. The Morgan fingerprint density at radius 3 is 3.26 bits per heavy atom. The highest BCUT2D eigenvalue weighted by Gasteiger charge is 2.35. The Hall–Kier alpha value is -2.28. The predicted molar refractivity (Wildman–Crippen MR) is 87.6 cm³/mol. The topological polar surface area (TPSA) is 78.5 Å². The Morgan fingerprint density at radius 2 is 2.43 bits per heavy atom. The van der Waals surface area contributed by atoms with Crippen molar-refractivity contribution >= 4 is 30.1 Å². The third-order valence-corrected chi connectivity index (χ3v) is 4.95. The van der Waals surface area contributed by atoms with E-state index >= 15 is 0 Å². The van der Waals surface area contributed by atoms with Crippen molar-refractivity contribution in [3.05, 3.63) is 30.0 Å². The minimum Gasteiger partial charge on any atom is -0.531 e. The van der Waals surface area contributed by atoms with Crippen LogP contribution in [0.4, 0.5) is 0 Å². The molecule has 2 aromatic rings. The van der Waals surface area contributed by atoms with Crippen LogP contribution in [-0.4, -0.2) is 46.5 Å². The molecular weight excluding hydrogens is 293 g/mol. The van der Waals surface area contributed by atoms with E-state index in [1.54, 1.807) is 12.2 Å². The van der Waals surface area contributed by atoms with Crippen LogP contribution in [0.5, 0.6) is 5.75 Å². The molecule has 0 aliphatic carbocycles. The number of nitrogens with one attached hydrogen (secondary N) is 1. The molecule has 1 fully saturated rings. The van der Waals surface area contributed by atoms with Crippen LogP contribution in [0, 0.1) is 11.8 Å². The van der Waals surface area contributed by atoms with Gasteiger partial charge >= 0.3 is 7.12 Å². The van der Waals surface area contributed by atoms with Gasteiger partial charge in [-0.3, -0.25) is 4.79 Å². The Bertz CT molecular complexity index is 788. The number of pyridine rings is 1. The average molecular weight is 311 g/mol. The molecule has 1 amide bonds. The number of hydrogen-bond donors (Lipinski definition) is 2. The van der Waals surface area contributed by atoms with E-state index < -0.39 is 7.12 Å². The summed E-state index contributed by atoms with van der Waals surface area (Å²) in [7, 11) is -0.977. The summed E-state index contributed by atoms with van der Waals surface area (Å²) in [6.07, 6.45) is 5.36. The molecule has 7 heteroatoms. The van der Waals surface area contributed by atoms with E-state index in [0.29, 0.717) is 18.2 Å². The van der Waals surface area contributed by atoms with Gasteiger partial charge in [0, 0.05) is 36.2 Å². The van der Waals surface area contributed by atoms with Crippen LogP contribution in [0.25, 0.3) is 16.6 Å². The summed E-state index contributed by atoms with van der Waals surface area (Å²) in [6, 6.07) is 1.97. The first-order chi connectivity index (χ1) is 11.2. The molecule has 2 aromatic heterocycles. The first kappa shape index (κ1) is 14.3. The van der Waals surface area contributed by atoms with E-state index in [-0.39, 0.29) is 5.92 Å². The number of carbonyl (C=O) groups is 1. The van der Waals surface area contributed by atoms with Crippen LogP contribution >= 0.6 is 0 Å². The number of H-pyrrole nitrogens is 1. The molecule has 4 rings (SSSR count). The highest BCUT2D eigenvalue weighted by molar-refractivity contribution is 6.52. The molecule has 2 aliphatic heterocycles. The second kappa shape index (κ2) is 5.42. The van der Waals surface area contributed by atoms with Crippen molar-refractivity contribution in [2.75, 3.05) is 13.1 Å². The van der Waals surface area contributed by atoms with Crippen molar-refractivity contribution in [2.24, 2.45) is 11.8 Å². The van der Waals surface area contributed by atoms with Crippen LogP contribution in [0.15, 0.2) is 24.4 Å². The van der Waals surface area contributed by atoms with Gasteiger partial charge in [0.1, 0.15) is 11.4 Å². The summed E-state index contributed by atoms with van der Waals surface area (Å²) in [5.74, 6) is 2.96. The lowest BCUT2D eigenvalue weighted by atomic mass is 9.72. The van der Waals surface area contributed by atoms with Crippen LogP contribution in [0.1, 0.15) is 18.9 Å².